The second-order valence-electron chi connectivity index (χ2n) is 5.60. The molecule has 0 heterocycles. The average Bonchev–Trinajstić information content (AvgIpc) is 2.20. The highest BCUT2D eigenvalue weighted by atomic mass is 15.1. The molecule has 0 aromatic carbocycles. The van der Waals surface area contributed by atoms with E-state index in [-0.39, 0.29) is 0 Å². The van der Waals surface area contributed by atoms with Gasteiger partial charge in [-0.2, -0.15) is 0 Å². The number of rotatable bonds is 4. The summed E-state index contributed by atoms with van der Waals surface area (Å²) >= 11 is 0. The lowest BCUT2D eigenvalue weighted by molar-refractivity contribution is 0.152. The Bertz CT molecular complexity index is 179. The van der Waals surface area contributed by atoms with E-state index >= 15 is 0 Å². The second kappa shape index (κ2) is 5.86. The van der Waals surface area contributed by atoms with Crippen LogP contribution in [-0.2, 0) is 0 Å². The lowest BCUT2D eigenvalue weighted by Crippen LogP contribution is -2.43. The van der Waals surface area contributed by atoms with Gasteiger partial charge in [0.2, 0.25) is 0 Å². The summed E-state index contributed by atoms with van der Waals surface area (Å²) < 4.78 is 0. The third-order valence-electron chi connectivity index (χ3n) is 4.11. The summed E-state index contributed by atoms with van der Waals surface area (Å²) in [4.78, 5) is 2.40. The summed E-state index contributed by atoms with van der Waals surface area (Å²) in [6.45, 7) is 9.23. The third-order valence-corrected chi connectivity index (χ3v) is 4.11. The van der Waals surface area contributed by atoms with Crippen LogP contribution in [0.5, 0.6) is 0 Å². The summed E-state index contributed by atoms with van der Waals surface area (Å²) in [6, 6.07) is 0.439. The molecule has 3 atom stereocenters. The molecule has 2 nitrogen and oxygen atoms in total. The molecule has 3 unspecified atom stereocenters. The first kappa shape index (κ1) is 13.0. The van der Waals surface area contributed by atoms with Crippen molar-refractivity contribution in [2.24, 2.45) is 23.5 Å². The fourth-order valence-corrected chi connectivity index (χ4v) is 2.67. The predicted octanol–water partition coefficient (Wildman–Crippen LogP) is 2.34. The maximum atomic E-state index is 6.22. The van der Waals surface area contributed by atoms with Crippen molar-refractivity contribution in [3.63, 3.8) is 0 Å². The first-order valence-electron chi connectivity index (χ1n) is 6.48. The highest BCUT2D eigenvalue weighted by Crippen LogP contribution is 2.33. The van der Waals surface area contributed by atoms with Gasteiger partial charge >= 0.3 is 0 Å². The van der Waals surface area contributed by atoms with Gasteiger partial charge in [-0.3, -0.25) is 0 Å². The van der Waals surface area contributed by atoms with Gasteiger partial charge in [0.1, 0.15) is 0 Å². The van der Waals surface area contributed by atoms with Gasteiger partial charge in [-0.25, -0.2) is 0 Å². The summed E-state index contributed by atoms with van der Waals surface area (Å²) in [6.07, 6.45) is 3.90. The Balaban J connectivity index is 2.46. The van der Waals surface area contributed by atoms with E-state index in [1.165, 1.54) is 25.8 Å². The van der Waals surface area contributed by atoms with Gasteiger partial charge in [-0.15, -0.1) is 0 Å². The molecule has 0 aromatic heterocycles. The molecule has 0 amide bonds. The molecule has 0 aliphatic heterocycles. The average molecular weight is 212 g/mol. The smallest absolute Gasteiger partial charge is 0.00795 e. The Morgan fingerprint density at radius 3 is 2.53 bits per heavy atom. The molecule has 0 aromatic rings. The van der Waals surface area contributed by atoms with Gasteiger partial charge in [-0.05, 0) is 50.6 Å². The van der Waals surface area contributed by atoms with E-state index in [2.05, 4.69) is 32.7 Å². The van der Waals surface area contributed by atoms with Crippen molar-refractivity contribution >= 4 is 0 Å². The van der Waals surface area contributed by atoms with Crippen LogP contribution in [0.3, 0.4) is 0 Å². The van der Waals surface area contributed by atoms with Gasteiger partial charge in [0.05, 0.1) is 0 Å². The van der Waals surface area contributed by atoms with Gasteiger partial charge in [0, 0.05) is 12.6 Å². The number of hydrogen-bond donors (Lipinski definition) is 1. The minimum absolute atomic E-state index is 0.439. The zero-order valence-electron chi connectivity index (χ0n) is 10.9. The highest BCUT2D eigenvalue weighted by Gasteiger charge is 2.29. The monoisotopic (exact) mass is 212 g/mol. The first-order valence-corrected chi connectivity index (χ1v) is 6.48. The lowest BCUT2D eigenvalue weighted by Gasteiger charge is -2.37. The highest BCUT2D eigenvalue weighted by molar-refractivity contribution is 4.85. The fraction of sp³-hybridized carbons (Fsp3) is 1.00. The molecule has 1 aliphatic rings. The summed E-state index contributed by atoms with van der Waals surface area (Å²) in [5.74, 6) is 2.45. The van der Waals surface area contributed by atoms with Gasteiger partial charge in [0.15, 0.2) is 0 Å². The van der Waals surface area contributed by atoms with E-state index in [1.54, 1.807) is 0 Å². The largest absolute Gasteiger partial charge is 0.327 e. The zero-order valence-corrected chi connectivity index (χ0v) is 10.9. The maximum absolute atomic E-state index is 6.22. The molecule has 2 heteroatoms. The lowest BCUT2D eigenvalue weighted by atomic mass is 9.74. The topological polar surface area (TPSA) is 29.3 Å². The molecule has 0 saturated heterocycles. The van der Waals surface area contributed by atoms with Crippen molar-refractivity contribution in [1.82, 2.24) is 4.90 Å². The molecule has 15 heavy (non-hydrogen) atoms. The maximum Gasteiger partial charge on any atom is 0.00795 e. The Labute approximate surface area is 95.2 Å². The van der Waals surface area contributed by atoms with Crippen LogP contribution >= 0.6 is 0 Å². The van der Waals surface area contributed by atoms with Crippen molar-refractivity contribution in [1.29, 1.82) is 0 Å². The molecule has 1 rings (SSSR count). The Morgan fingerprint density at radius 2 is 2.00 bits per heavy atom. The van der Waals surface area contributed by atoms with E-state index in [1.807, 2.05) is 0 Å². The predicted molar refractivity (Wildman–Crippen MR) is 66.8 cm³/mol. The van der Waals surface area contributed by atoms with Crippen LogP contribution in [0, 0.1) is 17.8 Å². The SMILES string of the molecule is CCN(C)CC1CC(C(C)C)CCC1N. The van der Waals surface area contributed by atoms with E-state index in [0.717, 1.165) is 24.3 Å². The van der Waals surface area contributed by atoms with Gasteiger partial charge < -0.3 is 10.6 Å². The van der Waals surface area contributed by atoms with Crippen LogP contribution in [0.1, 0.15) is 40.0 Å². The Hall–Kier alpha value is -0.0800. The van der Waals surface area contributed by atoms with Crippen LogP contribution in [-0.4, -0.2) is 31.1 Å². The molecule has 90 valence electrons. The minimum Gasteiger partial charge on any atom is -0.327 e. The zero-order chi connectivity index (χ0) is 11.4. The van der Waals surface area contributed by atoms with Crippen LogP contribution in [0.4, 0.5) is 0 Å². The van der Waals surface area contributed by atoms with Crippen LogP contribution in [0.2, 0.25) is 0 Å². The van der Waals surface area contributed by atoms with E-state index in [0.29, 0.717) is 6.04 Å². The van der Waals surface area contributed by atoms with Crippen LogP contribution < -0.4 is 5.73 Å². The van der Waals surface area contributed by atoms with E-state index in [9.17, 15) is 0 Å². The first-order chi connectivity index (χ1) is 7.04. The number of nitrogens with two attached hydrogens (primary N) is 1. The Kier molecular flexibility index (Phi) is 5.07. The quantitative estimate of drug-likeness (QED) is 0.775. The van der Waals surface area contributed by atoms with E-state index in [4.69, 9.17) is 5.73 Å². The van der Waals surface area contributed by atoms with Crippen molar-refractivity contribution in [2.75, 3.05) is 20.1 Å². The molecular weight excluding hydrogens is 184 g/mol. The summed E-state index contributed by atoms with van der Waals surface area (Å²) in [5.41, 5.74) is 6.22. The molecule has 0 radical (unpaired) electrons. The van der Waals surface area contributed by atoms with Crippen molar-refractivity contribution < 1.29 is 0 Å². The molecule has 0 bridgehead atoms. The fourth-order valence-electron chi connectivity index (χ4n) is 2.67. The van der Waals surface area contributed by atoms with Crippen molar-refractivity contribution in [3.05, 3.63) is 0 Å². The van der Waals surface area contributed by atoms with E-state index < -0.39 is 0 Å². The van der Waals surface area contributed by atoms with Crippen LogP contribution in [0.15, 0.2) is 0 Å². The summed E-state index contributed by atoms with van der Waals surface area (Å²) in [5, 5.41) is 0. The van der Waals surface area contributed by atoms with Gasteiger partial charge in [0.25, 0.3) is 0 Å². The normalized spacial score (nSPS) is 32.6. The molecule has 1 aliphatic carbocycles. The molecule has 0 spiro atoms. The molecule has 2 N–H and O–H groups in total. The molecule has 1 fully saturated rings. The molecular formula is C13H28N2. The minimum atomic E-state index is 0.439. The molecule has 1 saturated carbocycles. The van der Waals surface area contributed by atoms with Gasteiger partial charge in [-0.1, -0.05) is 20.8 Å². The van der Waals surface area contributed by atoms with Crippen LogP contribution in [0.25, 0.3) is 0 Å². The van der Waals surface area contributed by atoms with Crippen molar-refractivity contribution in [2.45, 2.75) is 46.1 Å². The Morgan fingerprint density at radius 1 is 1.33 bits per heavy atom. The standard InChI is InChI=1S/C13H28N2/c1-5-15(4)9-12-8-11(10(2)3)6-7-13(12)14/h10-13H,5-9,14H2,1-4H3. The number of nitrogens with zero attached hydrogens (tertiary/aromatic N) is 1. The third kappa shape index (κ3) is 3.76. The second-order valence-corrected chi connectivity index (χ2v) is 5.60. The number of hydrogen-bond acceptors (Lipinski definition) is 2. The summed E-state index contributed by atoms with van der Waals surface area (Å²) in [7, 11) is 2.20. The van der Waals surface area contributed by atoms with Crippen molar-refractivity contribution in [3.8, 4) is 0 Å².